The number of ether oxygens (including phenoxy) is 1. The summed E-state index contributed by atoms with van der Waals surface area (Å²) in [6.45, 7) is 16.5. The van der Waals surface area contributed by atoms with Crippen LogP contribution in [-0.2, 0) is 28.6 Å². The molecule has 0 aromatic heterocycles. The summed E-state index contributed by atoms with van der Waals surface area (Å²) in [5.74, 6) is -1.66. The summed E-state index contributed by atoms with van der Waals surface area (Å²) in [4.78, 5) is 26.6. The average Bonchev–Trinajstić information content (AvgIpc) is 2.62. The normalized spacial score (nSPS) is 13.0. The van der Waals surface area contributed by atoms with Crippen molar-refractivity contribution in [1.29, 1.82) is 0 Å². The molecule has 0 spiro atoms. The predicted octanol–water partition coefficient (Wildman–Crippen LogP) is 4.04. The lowest BCUT2D eigenvalue weighted by molar-refractivity contribution is -0.155. The smallest absolute Gasteiger partial charge is 0.308 e. The molecule has 0 N–H and O–H groups in total. The van der Waals surface area contributed by atoms with Crippen molar-refractivity contribution in [2.75, 3.05) is 25.4 Å². The van der Waals surface area contributed by atoms with E-state index in [0.717, 1.165) is 0 Å². The molecule has 0 heterocycles. The maximum Gasteiger partial charge on any atom is 0.308 e. The quantitative estimate of drug-likeness (QED) is 0.367. The molecule has 1 amide bonds. The van der Waals surface area contributed by atoms with Crippen LogP contribution in [0.1, 0.15) is 48.0 Å². The molecular formula is C23H39NO6SSi. The Labute approximate surface area is 194 Å². The Bertz CT molecular complexity index is 870. The van der Waals surface area contributed by atoms with Gasteiger partial charge >= 0.3 is 5.97 Å². The lowest BCUT2D eigenvalue weighted by atomic mass is 10.2. The van der Waals surface area contributed by atoms with Gasteiger partial charge in [-0.25, -0.2) is 8.42 Å². The van der Waals surface area contributed by atoms with Gasteiger partial charge in [-0.05, 0) is 51.0 Å². The molecule has 1 aromatic carbocycles. The highest BCUT2D eigenvalue weighted by molar-refractivity contribution is 7.92. The molecule has 0 fully saturated rings. The molecule has 0 saturated carbocycles. The molecule has 32 heavy (non-hydrogen) atoms. The number of hydrogen-bond acceptors (Lipinski definition) is 6. The zero-order chi connectivity index (χ0) is 24.8. The minimum Gasteiger partial charge on any atom is -0.460 e. The topological polar surface area (TPSA) is 90.0 Å². The third-order valence-corrected chi connectivity index (χ3v) is 11.6. The Hall–Kier alpha value is -1.71. The van der Waals surface area contributed by atoms with Crippen LogP contribution in [0.4, 0.5) is 0 Å². The van der Waals surface area contributed by atoms with Gasteiger partial charge in [0.15, 0.2) is 18.2 Å². The Balaban J connectivity index is 2.90. The number of rotatable bonds is 10. The SMILES string of the molecule is CC(C)(C)OC(=O)CCN(CCO[Si](C)(C)C(C)(C)C)C(=O)CS(=O)(=O)c1ccccc1. The van der Waals surface area contributed by atoms with E-state index in [-0.39, 0.29) is 36.1 Å². The molecule has 182 valence electrons. The molecule has 0 aliphatic carbocycles. The van der Waals surface area contributed by atoms with Gasteiger partial charge in [-0.1, -0.05) is 39.0 Å². The van der Waals surface area contributed by atoms with E-state index in [1.165, 1.54) is 17.0 Å². The molecule has 0 radical (unpaired) electrons. The van der Waals surface area contributed by atoms with E-state index in [1.807, 2.05) is 0 Å². The van der Waals surface area contributed by atoms with Crippen LogP contribution in [0.15, 0.2) is 35.2 Å². The van der Waals surface area contributed by atoms with Gasteiger partial charge in [-0.15, -0.1) is 0 Å². The molecule has 0 aliphatic rings. The second kappa shape index (κ2) is 10.9. The first-order valence-corrected chi connectivity index (χ1v) is 15.4. The van der Waals surface area contributed by atoms with Gasteiger partial charge in [0.1, 0.15) is 11.4 Å². The first-order valence-electron chi connectivity index (χ1n) is 10.9. The van der Waals surface area contributed by atoms with Crippen LogP contribution in [0.3, 0.4) is 0 Å². The van der Waals surface area contributed by atoms with Gasteiger partial charge in [0.05, 0.1) is 17.9 Å². The van der Waals surface area contributed by atoms with Crippen molar-refractivity contribution in [3.05, 3.63) is 30.3 Å². The van der Waals surface area contributed by atoms with Crippen molar-refractivity contribution < 1.29 is 27.2 Å². The highest BCUT2D eigenvalue weighted by atomic mass is 32.2. The van der Waals surface area contributed by atoms with Crippen LogP contribution < -0.4 is 0 Å². The number of amides is 1. The van der Waals surface area contributed by atoms with Crippen LogP contribution >= 0.6 is 0 Å². The number of benzene rings is 1. The highest BCUT2D eigenvalue weighted by Crippen LogP contribution is 2.36. The van der Waals surface area contributed by atoms with Crippen molar-refractivity contribution >= 4 is 30.0 Å². The van der Waals surface area contributed by atoms with E-state index in [1.54, 1.807) is 39.0 Å². The summed E-state index contributed by atoms with van der Waals surface area (Å²) in [5, 5.41) is 0.00893. The average molecular weight is 486 g/mol. The van der Waals surface area contributed by atoms with E-state index in [0.29, 0.717) is 0 Å². The fraction of sp³-hybridized carbons (Fsp3) is 0.652. The fourth-order valence-electron chi connectivity index (χ4n) is 2.57. The van der Waals surface area contributed by atoms with Crippen molar-refractivity contribution in [2.24, 2.45) is 0 Å². The van der Waals surface area contributed by atoms with E-state index >= 15 is 0 Å². The molecule has 7 nitrogen and oxygen atoms in total. The molecule has 0 unspecified atom stereocenters. The molecule has 1 aromatic rings. The Morgan fingerprint density at radius 2 is 1.53 bits per heavy atom. The van der Waals surface area contributed by atoms with Crippen molar-refractivity contribution in [2.45, 2.75) is 76.6 Å². The van der Waals surface area contributed by atoms with Gasteiger partial charge in [0.25, 0.3) is 0 Å². The lowest BCUT2D eigenvalue weighted by Gasteiger charge is -2.36. The van der Waals surface area contributed by atoms with Gasteiger partial charge in [0.2, 0.25) is 5.91 Å². The minimum atomic E-state index is -3.79. The standard InChI is InChI=1S/C23H39NO6SSi/c1-22(2,3)30-21(26)14-15-24(16-17-29-32(7,8)23(4,5)6)20(25)18-31(27,28)19-12-10-9-11-13-19/h9-13H,14-18H2,1-8H3. The van der Waals surface area contributed by atoms with Crippen LogP contribution in [-0.4, -0.2) is 64.6 Å². The van der Waals surface area contributed by atoms with Crippen LogP contribution in [0.2, 0.25) is 18.1 Å². The number of carbonyl (C=O) groups is 2. The minimum absolute atomic E-state index is 0.00893. The first kappa shape index (κ1) is 28.3. The zero-order valence-corrected chi connectivity index (χ0v) is 22.5. The molecule has 9 heteroatoms. The number of sulfone groups is 1. The summed E-state index contributed by atoms with van der Waals surface area (Å²) in [7, 11) is -5.82. The molecule has 0 aliphatic heterocycles. The van der Waals surface area contributed by atoms with Gasteiger partial charge in [-0.2, -0.15) is 0 Å². The molecule has 1 rings (SSSR count). The second-order valence-corrected chi connectivity index (χ2v) is 17.2. The molecule has 0 atom stereocenters. The van der Waals surface area contributed by atoms with E-state index < -0.39 is 41.4 Å². The zero-order valence-electron chi connectivity index (χ0n) is 20.7. The van der Waals surface area contributed by atoms with Crippen molar-refractivity contribution in [1.82, 2.24) is 4.90 Å². The second-order valence-electron chi connectivity index (χ2n) is 10.4. The monoisotopic (exact) mass is 485 g/mol. The number of nitrogens with zero attached hydrogens (tertiary/aromatic N) is 1. The third-order valence-electron chi connectivity index (χ3n) is 5.40. The Kier molecular flexibility index (Phi) is 9.68. The van der Waals surface area contributed by atoms with Crippen LogP contribution in [0.25, 0.3) is 0 Å². The third kappa shape index (κ3) is 9.42. The first-order chi connectivity index (χ1) is 14.4. The predicted molar refractivity (Wildman–Crippen MR) is 129 cm³/mol. The molecule has 0 bridgehead atoms. The number of carbonyl (C=O) groups excluding carboxylic acids is 2. The van der Waals surface area contributed by atoms with Crippen LogP contribution in [0, 0.1) is 0 Å². The van der Waals surface area contributed by atoms with Crippen LogP contribution in [0.5, 0.6) is 0 Å². The fourth-order valence-corrected chi connectivity index (χ4v) is 4.85. The maximum absolute atomic E-state index is 12.9. The summed E-state index contributed by atoms with van der Waals surface area (Å²) in [6, 6.07) is 7.88. The van der Waals surface area contributed by atoms with Crippen molar-refractivity contribution in [3.63, 3.8) is 0 Å². The van der Waals surface area contributed by atoms with E-state index in [2.05, 4.69) is 33.9 Å². The molecular weight excluding hydrogens is 446 g/mol. The summed E-state index contributed by atoms with van der Waals surface area (Å²) in [6.07, 6.45) is -0.0194. The summed E-state index contributed by atoms with van der Waals surface area (Å²) >= 11 is 0. The molecule has 0 saturated heterocycles. The van der Waals surface area contributed by atoms with Gasteiger partial charge in [-0.3, -0.25) is 9.59 Å². The summed E-state index contributed by atoms with van der Waals surface area (Å²) in [5.41, 5.74) is -0.631. The van der Waals surface area contributed by atoms with Gasteiger partial charge < -0.3 is 14.1 Å². The van der Waals surface area contributed by atoms with Crippen molar-refractivity contribution in [3.8, 4) is 0 Å². The Morgan fingerprint density at radius 3 is 2.03 bits per heavy atom. The van der Waals surface area contributed by atoms with Gasteiger partial charge in [0, 0.05) is 13.1 Å². The number of esters is 1. The van der Waals surface area contributed by atoms with E-state index in [4.69, 9.17) is 9.16 Å². The largest absolute Gasteiger partial charge is 0.460 e. The maximum atomic E-state index is 12.9. The highest BCUT2D eigenvalue weighted by Gasteiger charge is 2.37. The number of hydrogen-bond donors (Lipinski definition) is 0. The van der Waals surface area contributed by atoms with E-state index in [9.17, 15) is 18.0 Å². The summed E-state index contributed by atoms with van der Waals surface area (Å²) < 4.78 is 36.8. The lowest BCUT2D eigenvalue weighted by Crippen LogP contribution is -2.45. The Morgan fingerprint density at radius 1 is 0.969 bits per heavy atom.